The molecule has 2 aliphatic carbocycles. The van der Waals surface area contributed by atoms with E-state index < -0.39 is 0 Å². The van der Waals surface area contributed by atoms with Gasteiger partial charge in [-0.2, -0.15) is 0 Å². The lowest BCUT2D eigenvalue weighted by atomic mass is 9.86. The van der Waals surface area contributed by atoms with E-state index >= 15 is 0 Å². The lowest BCUT2D eigenvalue weighted by Gasteiger charge is -2.18. The summed E-state index contributed by atoms with van der Waals surface area (Å²) in [4.78, 5) is 0. The van der Waals surface area contributed by atoms with Crippen molar-refractivity contribution in [3.63, 3.8) is 0 Å². The zero-order valence-corrected chi connectivity index (χ0v) is 9.84. The predicted molar refractivity (Wildman–Crippen MR) is 72.0 cm³/mol. The van der Waals surface area contributed by atoms with E-state index in [2.05, 4.69) is 54.6 Å². The van der Waals surface area contributed by atoms with Gasteiger partial charge in [-0.15, -0.1) is 0 Å². The van der Waals surface area contributed by atoms with Crippen LogP contribution in [0.3, 0.4) is 0 Å². The Morgan fingerprint density at radius 3 is 2.47 bits per heavy atom. The second-order valence-electron chi connectivity index (χ2n) is 5.49. The van der Waals surface area contributed by atoms with Gasteiger partial charge in [0.2, 0.25) is 0 Å². The zero-order valence-electron chi connectivity index (χ0n) is 9.84. The Labute approximate surface area is 102 Å². The summed E-state index contributed by atoms with van der Waals surface area (Å²) in [6.45, 7) is 0. The summed E-state index contributed by atoms with van der Waals surface area (Å²) in [6.07, 6.45) is 7.60. The van der Waals surface area contributed by atoms with Gasteiger partial charge in [0.15, 0.2) is 0 Å². The molecule has 2 aromatic rings. The standard InChI is InChI=1S/C17H16/c1-2-4-14-11-16(8-7-13(14)3-1)17-10-12-5-6-15(17)9-12/h1-8,11-12,15,17H,9-10H2. The molecule has 3 unspecified atom stereocenters. The van der Waals surface area contributed by atoms with Crippen LogP contribution in [0, 0.1) is 11.8 Å². The van der Waals surface area contributed by atoms with E-state index in [1.807, 2.05) is 0 Å². The van der Waals surface area contributed by atoms with E-state index in [0.717, 1.165) is 17.8 Å². The van der Waals surface area contributed by atoms with E-state index in [4.69, 9.17) is 0 Å². The molecule has 0 heteroatoms. The predicted octanol–water partition coefficient (Wildman–Crippen LogP) is 4.52. The molecule has 0 amide bonds. The molecule has 2 bridgehead atoms. The van der Waals surface area contributed by atoms with Gasteiger partial charge in [-0.1, -0.05) is 54.6 Å². The largest absolute Gasteiger partial charge is 0.0851 e. The molecule has 2 aliphatic rings. The molecule has 0 spiro atoms. The van der Waals surface area contributed by atoms with Crippen molar-refractivity contribution in [2.45, 2.75) is 18.8 Å². The van der Waals surface area contributed by atoms with Crippen LogP contribution in [0.1, 0.15) is 24.3 Å². The van der Waals surface area contributed by atoms with E-state index in [1.165, 1.54) is 23.6 Å². The topological polar surface area (TPSA) is 0 Å². The van der Waals surface area contributed by atoms with Gasteiger partial charge in [0.05, 0.1) is 0 Å². The van der Waals surface area contributed by atoms with Gasteiger partial charge < -0.3 is 0 Å². The van der Waals surface area contributed by atoms with Gasteiger partial charge in [0.1, 0.15) is 0 Å². The van der Waals surface area contributed by atoms with Crippen molar-refractivity contribution in [1.82, 2.24) is 0 Å². The fraction of sp³-hybridized carbons (Fsp3) is 0.294. The molecule has 0 saturated heterocycles. The van der Waals surface area contributed by atoms with Crippen LogP contribution < -0.4 is 0 Å². The fourth-order valence-electron chi connectivity index (χ4n) is 3.60. The van der Waals surface area contributed by atoms with Gasteiger partial charge in [0, 0.05) is 0 Å². The third kappa shape index (κ3) is 1.44. The Bertz CT molecular complexity index is 594. The number of hydrogen-bond donors (Lipinski definition) is 0. The molecular weight excluding hydrogens is 204 g/mol. The van der Waals surface area contributed by atoms with Gasteiger partial charge in [-0.3, -0.25) is 0 Å². The number of hydrogen-bond acceptors (Lipinski definition) is 0. The highest BCUT2D eigenvalue weighted by atomic mass is 14.4. The van der Waals surface area contributed by atoms with Crippen molar-refractivity contribution in [1.29, 1.82) is 0 Å². The van der Waals surface area contributed by atoms with Crippen molar-refractivity contribution < 1.29 is 0 Å². The molecule has 17 heavy (non-hydrogen) atoms. The van der Waals surface area contributed by atoms with Crippen LogP contribution in [-0.4, -0.2) is 0 Å². The summed E-state index contributed by atoms with van der Waals surface area (Å²) in [6, 6.07) is 15.7. The molecule has 0 N–H and O–H groups in total. The lowest BCUT2D eigenvalue weighted by molar-refractivity contribution is 0.586. The first-order valence-electron chi connectivity index (χ1n) is 6.57. The molecule has 0 nitrogen and oxygen atoms in total. The maximum absolute atomic E-state index is 2.44. The molecule has 1 fully saturated rings. The monoisotopic (exact) mass is 220 g/mol. The first kappa shape index (κ1) is 9.47. The lowest BCUT2D eigenvalue weighted by Crippen LogP contribution is -2.04. The number of rotatable bonds is 1. The molecule has 4 rings (SSSR count). The van der Waals surface area contributed by atoms with Crippen LogP contribution in [0.15, 0.2) is 54.6 Å². The summed E-state index contributed by atoms with van der Waals surface area (Å²) in [5, 5.41) is 2.74. The molecular formula is C17H16. The minimum Gasteiger partial charge on any atom is -0.0851 e. The van der Waals surface area contributed by atoms with Gasteiger partial charge in [0.25, 0.3) is 0 Å². The smallest absolute Gasteiger partial charge is 0.00930 e. The van der Waals surface area contributed by atoms with Crippen molar-refractivity contribution in [3.05, 3.63) is 60.2 Å². The molecule has 0 aliphatic heterocycles. The normalized spacial score (nSPS) is 30.2. The summed E-state index contributed by atoms with van der Waals surface area (Å²) >= 11 is 0. The molecule has 0 heterocycles. The van der Waals surface area contributed by atoms with E-state index in [-0.39, 0.29) is 0 Å². The molecule has 0 aromatic heterocycles. The SMILES string of the molecule is C1=CC2CC1CC2c1ccc2ccccc2c1. The van der Waals surface area contributed by atoms with Crippen LogP contribution in [0.5, 0.6) is 0 Å². The van der Waals surface area contributed by atoms with E-state index in [1.54, 1.807) is 5.56 Å². The van der Waals surface area contributed by atoms with Crippen molar-refractivity contribution in [2.24, 2.45) is 11.8 Å². The van der Waals surface area contributed by atoms with Gasteiger partial charge in [-0.05, 0) is 46.9 Å². The Morgan fingerprint density at radius 1 is 0.824 bits per heavy atom. The number of benzene rings is 2. The number of fused-ring (bicyclic) bond motifs is 3. The summed E-state index contributed by atoms with van der Waals surface area (Å²) in [5.41, 5.74) is 1.54. The average Bonchev–Trinajstić information content (AvgIpc) is 3.00. The summed E-state index contributed by atoms with van der Waals surface area (Å²) < 4.78 is 0. The third-order valence-corrected chi connectivity index (χ3v) is 4.48. The number of allylic oxidation sites excluding steroid dienone is 2. The zero-order chi connectivity index (χ0) is 11.2. The first-order valence-corrected chi connectivity index (χ1v) is 6.57. The van der Waals surface area contributed by atoms with E-state index in [0.29, 0.717) is 0 Å². The fourth-order valence-corrected chi connectivity index (χ4v) is 3.60. The first-order chi connectivity index (χ1) is 8.40. The van der Waals surface area contributed by atoms with Crippen molar-refractivity contribution >= 4 is 10.8 Å². The highest BCUT2D eigenvalue weighted by Crippen LogP contribution is 2.48. The molecule has 1 saturated carbocycles. The Hall–Kier alpha value is -1.56. The van der Waals surface area contributed by atoms with Crippen LogP contribution >= 0.6 is 0 Å². The second kappa shape index (κ2) is 3.46. The Kier molecular flexibility index (Phi) is 1.93. The Balaban J connectivity index is 1.79. The molecule has 84 valence electrons. The van der Waals surface area contributed by atoms with Crippen molar-refractivity contribution in [3.8, 4) is 0 Å². The second-order valence-corrected chi connectivity index (χ2v) is 5.49. The minimum atomic E-state index is 0.773. The Morgan fingerprint density at radius 2 is 1.71 bits per heavy atom. The van der Waals surface area contributed by atoms with Crippen LogP contribution in [-0.2, 0) is 0 Å². The third-order valence-electron chi connectivity index (χ3n) is 4.48. The highest BCUT2D eigenvalue weighted by molar-refractivity contribution is 5.83. The maximum atomic E-state index is 2.44. The molecule has 2 aromatic carbocycles. The molecule has 3 atom stereocenters. The minimum absolute atomic E-state index is 0.773. The average molecular weight is 220 g/mol. The molecule has 0 radical (unpaired) electrons. The quantitative estimate of drug-likeness (QED) is 0.620. The van der Waals surface area contributed by atoms with Crippen molar-refractivity contribution in [2.75, 3.05) is 0 Å². The summed E-state index contributed by atoms with van der Waals surface area (Å²) in [7, 11) is 0. The highest BCUT2D eigenvalue weighted by Gasteiger charge is 2.36. The van der Waals surface area contributed by atoms with E-state index in [9.17, 15) is 0 Å². The maximum Gasteiger partial charge on any atom is -0.00930 e. The van der Waals surface area contributed by atoms with Gasteiger partial charge >= 0.3 is 0 Å². The van der Waals surface area contributed by atoms with Crippen LogP contribution in [0.4, 0.5) is 0 Å². The summed E-state index contributed by atoms with van der Waals surface area (Å²) in [5.74, 6) is 2.44. The van der Waals surface area contributed by atoms with Crippen LogP contribution in [0.25, 0.3) is 10.8 Å². The van der Waals surface area contributed by atoms with Crippen LogP contribution in [0.2, 0.25) is 0 Å². The van der Waals surface area contributed by atoms with Gasteiger partial charge in [-0.25, -0.2) is 0 Å².